The number of rotatable bonds is 2. The van der Waals surface area contributed by atoms with E-state index in [1.165, 1.54) is 0 Å². The zero-order chi connectivity index (χ0) is 15.7. The van der Waals surface area contributed by atoms with Gasteiger partial charge in [0.15, 0.2) is 0 Å². The summed E-state index contributed by atoms with van der Waals surface area (Å²) in [7, 11) is 0. The van der Waals surface area contributed by atoms with Crippen LogP contribution in [-0.2, 0) is 11.2 Å². The van der Waals surface area contributed by atoms with Gasteiger partial charge >= 0.3 is 6.09 Å². The molecule has 0 bridgehead atoms. The van der Waals surface area contributed by atoms with Crippen LogP contribution >= 0.6 is 0 Å². The molecule has 1 aromatic rings. The molecule has 1 saturated heterocycles. The normalized spacial score (nSPS) is 22.4. The van der Waals surface area contributed by atoms with Crippen LogP contribution in [0.25, 0.3) is 0 Å². The maximum atomic E-state index is 12.0. The van der Waals surface area contributed by atoms with Gasteiger partial charge in [-0.3, -0.25) is 0 Å². The predicted octanol–water partition coefficient (Wildman–Crippen LogP) is 2.18. The number of hydrogen-bond donors (Lipinski definition) is 2. The summed E-state index contributed by atoms with van der Waals surface area (Å²) in [6.45, 7) is 6.32. The highest BCUT2D eigenvalue weighted by molar-refractivity contribution is 5.68. The number of benzene rings is 1. The van der Waals surface area contributed by atoms with Crippen molar-refractivity contribution in [2.24, 2.45) is 0 Å². The lowest BCUT2D eigenvalue weighted by Crippen LogP contribution is -2.40. The van der Waals surface area contributed by atoms with E-state index in [4.69, 9.17) is 10.5 Å². The van der Waals surface area contributed by atoms with Crippen molar-refractivity contribution in [2.45, 2.75) is 44.8 Å². The van der Waals surface area contributed by atoms with Crippen molar-refractivity contribution in [3.05, 3.63) is 29.8 Å². The number of anilines is 1. The lowest BCUT2D eigenvalue weighted by molar-refractivity contribution is 0.0153. The number of carbonyl (C=O) groups excluding carboxylic acids is 1. The molecule has 0 aliphatic carbocycles. The zero-order valence-corrected chi connectivity index (χ0v) is 12.9. The number of ether oxygens (including phenoxy) is 1. The Kier molecular flexibility index (Phi) is 4.14. The van der Waals surface area contributed by atoms with Crippen LogP contribution in [0.5, 0.6) is 0 Å². The van der Waals surface area contributed by atoms with Gasteiger partial charge in [-0.1, -0.05) is 12.1 Å². The lowest BCUT2D eigenvalue weighted by Gasteiger charge is -2.26. The van der Waals surface area contributed by atoms with Crippen LogP contribution in [0.2, 0.25) is 0 Å². The minimum atomic E-state index is -0.896. The van der Waals surface area contributed by atoms with Gasteiger partial charge < -0.3 is 20.5 Å². The third-order valence-corrected chi connectivity index (χ3v) is 3.50. The van der Waals surface area contributed by atoms with Crippen LogP contribution in [0.4, 0.5) is 10.5 Å². The van der Waals surface area contributed by atoms with Crippen molar-refractivity contribution in [2.75, 3.05) is 18.8 Å². The van der Waals surface area contributed by atoms with E-state index in [9.17, 15) is 9.90 Å². The van der Waals surface area contributed by atoms with Gasteiger partial charge in [-0.25, -0.2) is 4.79 Å². The molecule has 1 amide bonds. The van der Waals surface area contributed by atoms with Crippen molar-refractivity contribution in [3.63, 3.8) is 0 Å². The first-order chi connectivity index (χ1) is 9.67. The standard InChI is InChI=1S/C16H24N2O3/c1-15(2,3)21-14(19)18-9-8-16(20,11-18)10-12-4-6-13(17)7-5-12/h4-7,20H,8-11,17H2,1-3H3. The summed E-state index contributed by atoms with van der Waals surface area (Å²) in [6, 6.07) is 7.45. The first kappa shape index (κ1) is 15.6. The van der Waals surface area contributed by atoms with E-state index in [1.807, 2.05) is 45.0 Å². The molecule has 0 spiro atoms. The zero-order valence-electron chi connectivity index (χ0n) is 12.9. The molecule has 1 aromatic carbocycles. The van der Waals surface area contributed by atoms with Crippen LogP contribution in [0, 0.1) is 0 Å². The minimum Gasteiger partial charge on any atom is -0.444 e. The van der Waals surface area contributed by atoms with E-state index >= 15 is 0 Å². The highest BCUT2D eigenvalue weighted by Crippen LogP contribution is 2.27. The second-order valence-electron chi connectivity index (χ2n) is 6.79. The number of carbonyl (C=O) groups is 1. The first-order valence-corrected chi connectivity index (χ1v) is 7.22. The smallest absolute Gasteiger partial charge is 0.410 e. The van der Waals surface area contributed by atoms with Gasteiger partial charge in [-0.05, 0) is 44.9 Å². The van der Waals surface area contributed by atoms with Gasteiger partial charge in [0.25, 0.3) is 0 Å². The Morgan fingerprint density at radius 2 is 2.00 bits per heavy atom. The van der Waals surface area contributed by atoms with Crippen LogP contribution < -0.4 is 5.73 Å². The summed E-state index contributed by atoms with van der Waals surface area (Å²) in [5.41, 5.74) is 5.95. The number of likely N-dealkylation sites (tertiary alicyclic amines) is 1. The molecule has 1 unspecified atom stereocenters. The Bertz CT molecular complexity index is 507. The fraction of sp³-hybridized carbons (Fsp3) is 0.562. The molecule has 3 N–H and O–H groups in total. The van der Waals surface area contributed by atoms with Crippen LogP contribution in [0.1, 0.15) is 32.8 Å². The van der Waals surface area contributed by atoms with Crippen molar-refractivity contribution in [1.29, 1.82) is 0 Å². The number of aliphatic hydroxyl groups is 1. The quantitative estimate of drug-likeness (QED) is 0.819. The number of nitrogen functional groups attached to an aromatic ring is 1. The number of amides is 1. The summed E-state index contributed by atoms with van der Waals surface area (Å²) in [4.78, 5) is 13.6. The number of hydrogen-bond acceptors (Lipinski definition) is 4. The van der Waals surface area contributed by atoms with E-state index in [1.54, 1.807) is 4.90 Å². The van der Waals surface area contributed by atoms with E-state index in [0.717, 1.165) is 5.56 Å². The topological polar surface area (TPSA) is 75.8 Å². The van der Waals surface area contributed by atoms with Crippen LogP contribution in [0.15, 0.2) is 24.3 Å². The molecule has 1 heterocycles. The van der Waals surface area contributed by atoms with Crippen molar-refractivity contribution < 1.29 is 14.6 Å². The molecule has 0 aromatic heterocycles. The Hall–Kier alpha value is -1.75. The second kappa shape index (κ2) is 5.56. The van der Waals surface area contributed by atoms with E-state index in [-0.39, 0.29) is 6.09 Å². The van der Waals surface area contributed by atoms with Gasteiger partial charge in [-0.15, -0.1) is 0 Å². The summed E-state index contributed by atoms with van der Waals surface area (Å²) in [5, 5.41) is 10.7. The molecule has 2 rings (SSSR count). The fourth-order valence-corrected chi connectivity index (χ4v) is 2.50. The van der Waals surface area contributed by atoms with Gasteiger partial charge in [0.05, 0.1) is 12.1 Å². The van der Waals surface area contributed by atoms with E-state index in [0.29, 0.717) is 31.6 Å². The highest BCUT2D eigenvalue weighted by atomic mass is 16.6. The first-order valence-electron chi connectivity index (χ1n) is 7.22. The van der Waals surface area contributed by atoms with Crippen LogP contribution in [0.3, 0.4) is 0 Å². The summed E-state index contributed by atoms with van der Waals surface area (Å²) in [6.07, 6.45) is 0.694. The highest BCUT2D eigenvalue weighted by Gasteiger charge is 2.39. The predicted molar refractivity (Wildman–Crippen MR) is 81.9 cm³/mol. The van der Waals surface area contributed by atoms with Crippen molar-refractivity contribution in [3.8, 4) is 0 Å². The van der Waals surface area contributed by atoms with E-state index in [2.05, 4.69) is 0 Å². The SMILES string of the molecule is CC(C)(C)OC(=O)N1CCC(O)(Cc2ccc(N)cc2)C1. The molecule has 1 aliphatic rings. The van der Waals surface area contributed by atoms with Gasteiger partial charge in [0, 0.05) is 18.7 Å². The largest absolute Gasteiger partial charge is 0.444 e. The molecule has 116 valence electrons. The average molecular weight is 292 g/mol. The summed E-state index contributed by atoms with van der Waals surface area (Å²) < 4.78 is 5.34. The summed E-state index contributed by atoms with van der Waals surface area (Å²) in [5.74, 6) is 0. The Morgan fingerprint density at radius 3 is 2.57 bits per heavy atom. The molecule has 1 fully saturated rings. The van der Waals surface area contributed by atoms with Gasteiger partial charge in [0.2, 0.25) is 0 Å². The average Bonchev–Trinajstić information content (AvgIpc) is 2.73. The fourth-order valence-electron chi connectivity index (χ4n) is 2.50. The van der Waals surface area contributed by atoms with Crippen molar-refractivity contribution >= 4 is 11.8 Å². The summed E-state index contributed by atoms with van der Waals surface area (Å²) >= 11 is 0. The molecule has 1 aliphatic heterocycles. The molecule has 5 nitrogen and oxygen atoms in total. The Labute approximate surface area is 125 Å². The number of β-amino-alcohol motifs (C(OH)–C–C–N with tert-alkyl or cyclic N) is 1. The third-order valence-electron chi connectivity index (χ3n) is 3.50. The number of nitrogens with zero attached hydrogens (tertiary/aromatic N) is 1. The number of nitrogens with two attached hydrogens (primary N) is 1. The minimum absolute atomic E-state index is 0.298. The van der Waals surface area contributed by atoms with Gasteiger partial charge in [-0.2, -0.15) is 0 Å². The monoisotopic (exact) mass is 292 g/mol. The Morgan fingerprint density at radius 1 is 1.38 bits per heavy atom. The maximum absolute atomic E-state index is 12.0. The molecule has 0 saturated carbocycles. The maximum Gasteiger partial charge on any atom is 0.410 e. The molecule has 1 atom stereocenters. The second-order valence-corrected chi connectivity index (χ2v) is 6.79. The molecular formula is C16H24N2O3. The van der Waals surface area contributed by atoms with Crippen LogP contribution in [-0.4, -0.2) is 40.4 Å². The third kappa shape index (κ3) is 4.36. The van der Waals surface area contributed by atoms with Gasteiger partial charge in [0.1, 0.15) is 5.60 Å². The van der Waals surface area contributed by atoms with E-state index < -0.39 is 11.2 Å². The molecular weight excluding hydrogens is 268 g/mol. The van der Waals surface area contributed by atoms with Crippen molar-refractivity contribution in [1.82, 2.24) is 4.90 Å². The Balaban J connectivity index is 1.96. The molecule has 0 radical (unpaired) electrons. The molecule has 5 heteroatoms. The molecule has 21 heavy (non-hydrogen) atoms. The lowest BCUT2D eigenvalue weighted by atomic mass is 9.94.